The lowest BCUT2D eigenvalue weighted by molar-refractivity contribution is -0.129. The second kappa shape index (κ2) is 6.58. The predicted octanol–water partition coefficient (Wildman–Crippen LogP) is 0.608. The Labute approximate surface area is 123 Å². The molecule has 2 rings (SSSR count). The Hall–Kier alpha value is -2.08. The Morgan fingerprint density at radius 3 is 2.90 bits per heavy atom. The molecule has 0 saturated carbocycles. The van der Waals surface area contributed by atoms with Gasteiger partial charge in [0, 0.05) is 6.54 Å². The summed E-state index contributed by atoms with van der Waals surface area (Å²) in [5, 5.41) is 11.3. The average molecular weight is 292 g/mol. The van der Waals surface area contributed by atoms with Gasteiger partial charge in [0.15, 0.2) is 6.10 Å². The van der Waals surface area contributed by atoms with E-state index in [0.29, 0.717) is 17.9 Å². The smallest absolute Gasteiger partial charge is 0.268 e. The largest absolute Gasteiger partial charge is 0.478 e. The number of hydrogen-bond donors (Lipinski definition) is 2. The molecule has 2 amide bonds. The van der Waals surface area contributed by atoms with Crippen molar-refractivity contribution in [2.45, 2.75) is 26.4 Å². The molecule has 114 valence electrons. The number of aliphatic hydroxyl groups is 1. The minimum absolute atomic E-state index is 0.0743. The zero-order valence-electron chi connectivity index (χ0n) is 12.3. The maximum absolute atomic E-state index is 12.4. The van der Waals surface area contributed by atoms with Gasteiger partial charge in [-0.3, -0.25) is 14.5 Å². The zero-order chi connectivity index (χ0) is 15.4. The molecule has 0 bridgehead atoms. The first-order chi connectivity index (χ1) is 10.1. The maximum atomic E-state index is 12.4. The van der Waals surface area contributed by atoms with Gasteiger partial charge in [-0.15, -0.1) is 0 Å². The van der Waals surface area contributed by atoms with Crippen LogP contribution in [0.5, 0.6) is 5.75 Å². The number of carbonyl (C=O) groups excluding carboxylic acids is 2. The lowest BCUT2D eigenvalue weighted by Crippen LogP contribution is -2.49. The van der Waals surface area contributed by atoms with E-state index in [4.69, 9.17) is 9.84 Å². The van der Waals surface area contributed by atoms with E-state index in [1.807, 2.05) is 32.0 Å². The van der Waals surface area contributed by atoms with Gasteiger partial charge in [0.05, 0.1) is 12.3 Å². The second-order valence-electron chi connectivity index (χ2n) is 4.98. The first-order valence-corrected chi connectivity index (χ1v) is 7.03. The Kier molecular flexibility index (Phi) is 4.80. The molecule has 6 heteroatoms. The van der Waals surface area contributed by atoms with Crippen molar-refractivity contribution >= 4 is 17.5 Å². The fourth-order valence-electron chi connectivity index (χ4n) is 2.25. The number of ether oxygens (including phenoxy) is 1. The van der Waals surface area contributed by atoms with Crippen LogP contribution in [-0.2, 0) is 9.59 Å². The first-order valence-electron chi connectivity index (χ1n) is 7.03. The number of benzene rings is 1. The summed E-state index contributed by atoms with van der Waals surface area (Å²) in [6.07, 6.45) is -0.0215. The number of hydrogen-bond acceptors (Lipinski definition) is 4. The third-order valence-corrected chi connectivity index (χ3v) is 3.32. The summed E-state index contributed by atoms with van der Waals surface area (Å²) in [7, 11) is 0. The molecule has 1 aliphatic rings. The van der Waals surface area contributed by atoms with Gasteiger partial charge in [-0.1, -0.05) is 13.0 Å². The number of nitrogens with zero attached hydrogens (tertiary/aromatic N) is 1. The van der Waals surface area contributed by atoms with Gasteiger partial charge in [0.25, 0.3) is 5.91 Å². The summed E-state index contributed by atoms with van der Waals surface area (Å²) in [6.45, 7) is 3.76. The highest BCUT2D eigenvalue weighted by Gasteiger charge is 2.34. The number of amides is 2. The molecular weight excluding hydrogens is 272 g/mol. The number of rotatable bonds is 5. The number of fused-ring (bicyclic) bond motifs is 1. The molecule has 1 aromatic rings. The van der Waals surface area contributed by atoms with Crippen molar-refractivity contribution in [3.8, 4) is 5.75 Å². The molecule has 21 heavy (non-hydrogen) atoms. The normalized spacial score (nSPS) is 17.2. The minimum Gasteiger partial charge on any atom is -0.478 e. The van der Waals surface area contributed by atoms with E-state index in [1.165, 1.54) is 4.90 Å². The van der Waals surface area contributed by atoms with E-state index in [1.54, 1.807) is 0 Å². The summed E-state index contributed by atoms with van der Waals surface area (Å²) in [4.78, 5) is 25.7. The van der Waals surface area contributed by atoms with Crippen LogP contribution in [0.25, 0.3) is 0 Å². The molecule has 1 aromatic carbocycles. The van der Waals surface area contributed by atoms with Crippen molar-refractivity contribution < 1.29 is 19.4 Å². The Balaban J connectivity index is 2.26. The Bertz CT molecular complexity index is 544. The van der Waals surface area contributed by atoms with E-state index < -0.39 is 6.10 Å². The maximum Gasteiger partial charge on any atom is 0.268 e. The van der Waals surface area contributed by atoms with Crippen molar-refractivity contribution in [3.63, 3.8) is 0 Å². The molecule has 0 saturated heterocycles. The zero-order valence-corrected chi connectivity index (χ0v) is 12.3. The van der Waals surface area contributed by atoms with Crippen molar-refractivity contribution in [1.29, 1.82) is 0 Å². The molecule has 6 nitrogen and oxygen atoms in total. The molecule has 1 heterocycles. The van der Waals surface area contributed by atoms with E-state index in [0.717, 1.165) is 5.56 Å². The summed E-state index contributed by atoms with van der Waals surface area (Å²) >= 11 is 0. The molecular formula is C15H20N2O4. The van der Waals surface area contributed by atoms with Gasteiger partial charge in [0.1, 0.15) is 12.3 Å². The van der Waals surface area contributed by atoms with Crippen molar-refractivity contribution in [1.82, 2.24) is 5.32 Å². The average Bonchev–Trinajstić information content (AvgIpc) is 2.48. The van der Waals surface area contributed by atoms with Crippen LogP contribution in [0.3, 0.4) is 0 Å². The summed E-state index contributed by atoms with van der Waals surface area (Å²) < 4.78 is 5.68. The number of nitrogens with one attached hydrogen (secondary N) is 1. The van der Waals surface area contributed by atoms with Gasteiger partial charge in [-0.2, -0.15) is 0 Å². The third-order valence-electron chi connectivity index (χ3n) is 3.32. The fourth-order valence-corrected chi connectivity index (χ4v) is 2.25. The van der Waals surface area contributed by atoms with Crippen LogP contribution >= 0.6 is 0 Å². The van der Waals surface area contributed by atoms with Gasteiger partial charge >= 0.3 is 0 Å². The first kappa shape index (κ1) is 15.3. The molecule has 0 fully saturated rings. The van der Waals surface area contributed by atoms with Gasteiger partial charge < -0.3 is 15.2 Å². The van der Waals surface area contributed by atoms with Crippen molar-refractivity contribution in [2.24, 2.45) is 0 Å². The molecule has 2 N–H and O–H groups in total. The number of aryl methyl sites for hydroxylation is 1. The topological polar surface area (TPSA) is 78.9 Å². The molecule has 1 aliphatic heterocycles. The molecule has 0 unspecified atom stereocenters. The van der Waals surface area contributed by atoms with E-state index in [-0.39, 0.29) is 31.5 Å². The van der Waals surface area contributed by atoms with Crippen LogP contribution < -0.4 is 15.0 Å². The van der Waals surface area contributed by atoms with E-state index in [2.05, 4.69) is 5.32 Å². The minimum atomic E-state index is -0.564. The van der Waals surface area contributed by atoms with Crippen molar-refractivity contribution in [3.05, 3.63) is 23.8 Å². The monoisotopic (exact) mass is 292 g/mol. The highest BCUT2D eigenvalue weighted by atomic mass is 16.5. The lowest BCUT2D eigenvalue weighted by Gasteiger charge is -2.33. The molecule has 0 aliphatic carbocycles. The van der Waals surface area contributed by atoms with Crippen molar-refractivity contribution in [2.75, 3.05) is 24.6 Å². The Morgan fingerprint density at radius 1 is 1.48 bits per heavy atom. The fraction of sp³-hybridized carbons (Fsp3) is 0.467. The number of aliphatic hydroxyl groups excluding tert-OH is 1. The van der Waals surface area contributed by atoms with Gasteiger partial charge in [-0.25, -0.2) is 0 Å². The van der Waals surface area contributed by atoms with Crippen LogP contribution in [0, 0.1) is 6.92 Å². The van der Waals surface area contributed by atoms with E-state index >= 15 is 0 Å². The van der Waals surface area contributed by atoms with Crippen LogP contribution in [0.2, 0.25) is 0 Å². The molecule has 0 radical (unpaired) electrons. The highest BCUT2D eigenvalue weighted by molar-refractivity contribution is 6.03. The molecule has 0 spiro atoms. The van der Waals surface area contributed by atoms with E-state index in [9.17, 15) is 9.59 Å². The quantitative estimate of drug-likeness (QED) is 0.833. The van der Waals surface area contributed by atoms with Crippen LogP contribution in [0.1, 0.15) is 18.9 Å². The summed E-state index contributed by atoms with van der Waals surface area (Å²) in [5.41, 5.74) is 1.60. The standard InChI is InChI=1S/C15H20N2O4/c1-3-12-15(20)17(9-14(19)16-6-7-18)11-8-10(2)4-5-13(11)21-12/h4-5,8,12,18H,3,6-7,9H2,1-2H3,(H,16,19)/t12-/m1/s1. The summed E-state index contributed by atoms with van der Waals surface area (Å²) in [6, 6.07) is 5.56. The lowest BCUT2D eigenvalue weighted by atomic mass is 10.1. The predicted molar refractivity (Wildman–Crippen MR) is 78.3 cm³/mol. The van der Waals surface area contributed by atoms with Gasteiger partial charge in [-0.05, 0) is 31.0 Å². The van der Waals surface area contributed by atoms with Crippen LogP contribution in [0.4, 0.5) is 5.69 Å². The number of anilines is 1. The van der Waals surface area contributed by atoms with Gasteiger partial charge in [0.2, 0.25) is 5.91 Å². The van der Waals surface area contributed by atoms with Crippen LogP contribution in [0.15, 0.2) is 18.2 Å². The third kappa shape index (κ3) is 3.33. The molecule has 1 atom stereocenters. The summed E-state index contributed by atoms with van der Waals surface area (Å²) in [5.74, 6) is 0.0957. The van der Waals surface area contributed by atoms with Crippen LogP contribution in [-0.4, -0.2) is 42.7 Å². The molecule has 0 aromatic heterocycles. The number of carbonyl (C=O) groups is 2. The highest BCUT2D eigenvalue weighted by Crippen LogP contribution is 2.35. The Morgan fingerprint density at radius 2 is 2.24 bits per heavy atom. The second-order valence-corrected chi connectivity index (χ2v) is 4.98. The SMILES string of the molecule is CC[C@H]1Oc2ccc(C)cc2N(CC(=O)NCCO)C1=O.